The Morgan fingerprint density at radius 3 is 2.50 bits per heavy atom. The number of unbranched alkanes of at least 4 members (excludes halogenated alkanes) is 2. The molecule has 0 aromatic heterocycles. The zero-order valence-electron chi connectivity index (χ0n) is 9.40. The van der Waals surface area contributed by atoms with Crippen LogP contribution in [0, 0.1) is 0 Å². The van der Waals surface area contributed by atoms with Crippen LogP contribution in [0.4, 0.5) is 4.79 Å². The molecule has 0 heterocycles. The Morgan fingerprint density at radius 2 is 2.00 bits per heavy atom. The van der Waals surface area contributed by atoms with Crippen LogP contribution in [-0.2, 0) is 14.9 Å². The second-order valence-electron chi connectivity index (χ2n) is 3.17. The van der Waals surface area contributed by atoms with Gasteiger partial charge in [0.25, 0.3) is 0 Å². The van der Waals surface area contributed by atoms with Crippen molar-refractivity contribution in [3.05, 3.63) is 0 Å². The molecule has 16 heavy (non-hydrogen) atoms. The highest BCUT2D eigenvalue weighted by atomic mass is 79.9. The van der Waals surface area contributed by atoms with Crippen LogP contribution in [0.1, 0.15) is 19.3 Å². The highest BCUT2D eigenvalue weighted by molar-refractivity contribution is 9.09. The highest BCUT2D eigenvalue weighted by Crippen LogP contribution is 2.02. The van der Waals surface area contributed by atoms with E-state index < -0.39 is 16.3 Å². The molecule has 0 aromatic rings. The van der Waals surface area contributed by atoms with Crippen molar-refractivity contribution in [2.75, 3.05) is 26.0 Å². The first kappa shape index (κ1) is 15.7. The lowest BCUT2D eigenvalue weighted by atomic mass is 10.2. The average Bonchev–Trinajstić information content (AvgIpc) is 2.23. The number of halogens is 1. The van der Waals surface area contributed by atoms with Gasteiger partial charge in [0.1, 0.15) is 0 Å². The van der Waals surface area contributed by atoms with Crippen LogP contribution in [0.15, 0.2) is 0 Å². The average molecular weight is 317 g/mol. The number of hydrogen-bond acceptors (Lipinski definition) is 4. The molecule has 0 fully saturated rings. The van der Waals surface area contributed by atoms with E-state index in [1.807, 2.05) is 0 Å². The molecule has 8 heteroatoms. The molecule has 0 saturated carbocycles. The van der Waals surface area contributed by atoms with Gasteiger partial charge in [-0.25, -0.2) is 9.52 Å². The molecule has 0 aliphatic heterocycles. The van der Waals surface area contributed by atoms with E-state index in [9.17, 15) is 13.2 Å². The summed E-state index contributed by atoms with van der Waals surface area (Å²) in [6, 6.07) is 0. The topological polar surface area (TPSA) is 75.7 Å². The van der Waals surface area contributed by atoms with Gasteiger partial charge in [0.05, 0.1) is 7.11 Å². The van der Waals surface area contributed by atoms with Gasteiger partial charge in [-0.15, -0.1) is 0 Å². The van der Waals surface area contributed by atoms with Gasteiger partial charge in [0.2, 0.25) is 0 Å². The predicted octanol–water partition coefficient (Wildman–Crippen LogP) is 1.08. The summed E-state index contributed by atoms with van der Waals surface area (Å²) >= 11 is 3.29. The molecule has 96 valence electrons. The molecule has 0 bridgehead atoms. The smallest absolute Gasteiger partial charge is 0.421 e. The lowest BCUT2D eigenvalue weighted by Crippen LogP contribution is -2.41. The molecule has 0 saturated heterocycles. The minimum Gasteiger partial charge on any atom is -0.452 e. The van der Waals surface area contributed by atoms with Crippen LogP contribution in [0.3, 0.4) is 0 Å². The number of alkyl halides is 1. The standard InChI is InChI=1S/C8H17BrN2O4S/c1-11(7-5-3-4-6-9)16(13,14)10-8(12)15-2/h3-7H2,1-2H3,(H,10,12). The SMILES string of the molecule is COC(=O)NS(=O)(=O)N(C)CCCCCBr. The van der Waals surface area contributed by atoms with Gasteiger partial charge in [-0.3, -0.25) is 0 Å². The monoisotopic (exact) mass is 316 g/mol. The minimum absolute atomic E-state index is 0.374. The van der Waals surface area contributed by atoms with E-state index in [0.717, 1.165) is 36.0 Å². The summed E-state index contributed by atoms with van der Waals surface area (Å²) in [7, 11) is -1.23. The van der Waals surface area contributed by atoms with E-state index in [-0.39, 0.29) is 0 Å². The van der Waals surface area contributed by atoms with Gasteiger partial charge in [-0.05, 0) is 12.8 Å². The second-order valence-corrected chi connectivity index (χ2v) is 5.74. The third-order valence-electron chi connectivity index (χ3n) is 1.91. The number of methoxy groups -OCH3 is 1. The Bertz CT molecular complexity index is 307. The summed E-state index contributed by atoms with van der Waals surface area (Å²) in [5.74, 6) is 0. The second kappa shape index (κ2) is 7.86. The van der Waals surface area contributed by atoms with Crippen LogP contribution in [0.25, 0.3) is 0 Å². The normalized spacial score (nSPS) is 11.5. The van der Waals surface area contributed by atoms with Gasteiger partial charge >= 0.3 is 16.3 Å². The number of nitrogens with one attached hydrogen (secondary N) is 1. The summed E-state index contributed by atoms with van der Waals surface area (Å²) in [4.78, 5) is 10.8. The molecule has 0 aliphatic rings. The van der Waals surface area contributed by atoms with Crippen molar-refractivity contribution in [2.45, 2.75) is 19.3 Å². The van der Waals surface area contributed by atoms with Crippen molar-refractivity contribution in [3.63, 3.8) is 0 Å². The van der Waals surface area contributed by atoms with Gasteiger partial charge in [0.15, 0.2) is 0 Å². The fourth-order valence-electron chi connectivity index (χ4n) is 0.951. The fraction of sp³-hybridized carbons (Fsp3) is 0.875. The third kappa shape index (κ3) is 6.29. The summed E-state index contributed by atoms with van der Waals surface area (Å²) < 4.78 is 30.0. The van der Waals surface area contributed by atoms with Crippen molar-refractivity contribution in [1.29, 1.82) is 0 Å². The van der Waals surface area contributed by atoms with E-state index in [2.05, 4.69) is 20.7 Å². The van der Waals surface area contributed by atoms with Gasteiger partial charge in [0, 0.05) is 18.9 Å². The van der Waals surface area contributed by atoms with Crippen LogP contribution >= 0.6 is 15.9 Å². The van der Waals surface area contributed by atoms with Crippen molar-refractivity contribution in [1.82, 2.24) is 9.03 Å². The summed E-state index contributed by atoms with van der Waals surface area (Å²) in [5.41, 5.74) is 0. The molecule has 0 radical (unpaired) electrons. The Balaban J connectivity index is 4.05. The van der Waals surface area contributed by atoms with E-state index in [0.29, 0.717) is 6.54 Å². The Hall–Kier alpha value is -0.340. The zero-order chi connectivity index (χ0) is 12.6. The lowest BCUT2D eigenvalue weighted by molar-refractivity contribution is 0.177. The molecule has 0 rings (SSSR count). The molecule has 0 unspecified atom stereocenters. The first-order valence-electron chi connectivity index (χ1n) is 4.82. The number of nitrogens with zero attached hydrogens (tertiary/aromatic N) is 1. The molecule has 0 aliphatic carbocycles. The zero-order valence-corrected chi connectivity index (χ0v) is 11.8. The van der Waals surface area contributed by atoms with Crippen molar-refractivity contribution >= 4 is 32.2 Å². The fourth-order valence-corrected chi connectivity index (χ4v) is 2.17. The van der Waals surface area contributed by atoms with E-state index in [1.165, 1.54) is 7.05 Å². The van der Waals surface area contributed by atoms with Crippen LogP contribution in [-0.4, -0.2) is 44.8 Å². The van der Waals surface area contributed by atoms with E-state index in [1.54, 1.807) is 4.72 Å². The number of amides is 1. The Labute approximate surface area is 105 Å². The molecule has 1 amide bonds. The molecule has 6 nitrogen and oxygen atoms in total. The quantitative estimate of drug-likeness (QED) is 0.563. The molecule has 0 spiro atoms. The summed E-state index contributed by atoms with van der Waals surface area (Å²) in [5, 5.41) is 0.907. The van der Waals surface area contributed by atoms with Gasteiger partial charge in [-0.2, -0.15) is 12.7 Å². The Morgan fingerprint density at radius 1 is 1.38 bits per heavy atom. The maximum atomic E-state index is 11.5. The first-order chi connectivity index (χ1) is 7.44. The van der Waals surface area contributed by atoms with E-state index >= 15 is 0 Å². The summed E-state index contributed by atoms with van der Waals surface area (Å²) in [6.45, 7) is 0.374. The third-order valence-corrected chi connectivity index (χ3v) is 3.90. The van der Waals surface area contributed by atoms with Crippen LogP contribution in [0.5, 0.6) is 0 Å². The number of ether oxygens (including phenoxy) is 1. The highest BCUT2D eigenvalue weighted by Gasteiger charge is 2.19. The molecular formula is C8H17BrN2O4S. The number of rotatable bonds is 7. The molecule has 1 N–H and O–H groups in total. The number of carbonyl (C=O) groups is 1. The summed E-state index contributed by atoms with van der Waals surface area (Å²) in [6.07, 6.45) is 1.71. The van der Waals surface area contributed by atoms with E-state index in [4.69, 9.17) is 0 Å². The molecule has 0 aromatic carbocycles. The number of carbonyl (C=O) groups excluding carboxylic acids is 1. The van der Waals surface area contributed by atoms with Gasteiger partial charge in [-0.1, -0.05) is 22.4 Å². The van der Waals surface area contributed by atoms with Crippen LogP contribution < -0.4 is 4.72 Å². The van der Waals surface area contributed by atoms with Crippen molar-refractivity contribution in [3.8, 4) is 0 Å². The number of hydrogen-bond donors (Lipinski definition) is 1. The van der Waals surface area contributed by atoms with Crippen molar-refractivity contribution in [2.24, 2.45) is 0 Å². The maximum Gasteiger partial charge on any atom is 0.421 e. The van der Waals surface area contributed by atoms with Crippen molar-refractivity contribution < 1.29 is 17.9 Å². The van der Waals surface area contributed by atoms with Gasteiger partial charge < -0.3 is 4.74 Å². The van der Waals surface area contributed by atoms with Crippen LogP contribution in [0.2, 0.25) is 0 Å². The minimum atomic E-state index is -3.76. The Kier molecular flexibility index (Phi) is 7.69. The lowest BCUT2D eigenvalue weighted by Gasteiger charge is -2.16. The predicted molar refractivity (Wildman–Crippen MR) is 64.7 cm³/mol. The largest absolute Gasteiger partial charge is 0.452 e. The first-order valence-corrected chi connectivity index (χ1v) is 7.38. The molecule has 0 atom stereocenters. The molecular weight excluding hydrogens is 300 g/mol. The maximum absolute atomic E-state index is 11.5.